The molecule has 0 saturated carbocycles. The molecule has 3 aromatic carbocycles. The molecule has 0 aliphatic rings. The highest BCUT2D eigenvalue weighted by atomic mass is 35.5. The fraction of sp³-hybridized carbons (Fsp3) is 0.107. The van der Waals surface area contributed by atoms with Crippen LogP contribution in [0.15, 0.2) is 90.0 Å². The summed E-state index contributed by atoms with van der Waals surface area (Å²) in [5.74, 6) is -0.296. The van der Waals surface area contributed by atoms with Gasteiger partial charge in [-0.15, -0.1) is 0 Å². The van der Waals surface area contributed by atoms with Gasteiger partial charge in [-0.25, -0.2) is 32.5 Å². The number of imidazole rings is 1. The summed E-state index contributed by atoms with van der Waals surface area (Å²) in [6.45, 7) is 0.611. The minimum Gasteiger partial charge on any atom is -0.505 e. The van der Waals surface area contributed by atoms with E-state index in [1.54, 1.807) is 12.3 Å². The van der Waals surface area contributed by atoms with Gasteiger partial charge in [0.1, 0.15) is 5.82 Å². The molecule has 5 rings (SSSR count). The van der Waals surface area contributed by atoms with Crippen LogP contribution in [0.4, 0.5) is 10.3 Å². The van der Waals surface area contributed by atoms with Crippen LogP contribution in [-0.4, -0.2) is 46.5 Å². The molecular formula is C28H24ClFN6O3S. The lowest BCUT2D eigenvalue weighted by Gasteiger charge is -2.09. The molecule has 0 fully saturated rings. The van der Waals surface area contributed by atoms with Gasteiger partial charge in [-0.1, -0.05) is 41.9 Å². The summed E-state index contributed by atoms with van der Waals surface area (Å²) in [5, 5.41) is 13.5. The maximum atomic E-state index is 13.8. The standard InChI is InChI=1S/C28H24ClFN6O3S/c29-20-8-10-21(11-9-20)40(38,39)33-15-4-14-31-28-32-16-13-23(34-28)26-25(19-7-12-22(30)24(37)17-19)35-27(36-26)18-5-2-1-3-6-18/h1-3,5-13,16-17,33,37H,4,14-15H2,(H,35,36)(H,31,32,34). The molecule has 0 unspecified atom stereocenters. The summed E-state index contributed by atoms with van der Waals surface area (Å²) in [4.78, 5) is 17.0. The molecule has 0 aliphatic carbocycles. The van der Waals surface area contributed by atoms with Gasteiger partial charge in [0.15, 0.2) is 11.6 Å². The molecule has 204 valence electrons. The smallest absolute Gasteiger partial charge is 0.240 e. The van der Waals surface area contributed by atoms with E-state index in [4.69, 9.17) is 16.6 Å². The number of aromatic hydroxyl groups is 1. The maximum absolute atomic E-state index is 13.8. The van der Waals surface area contributed by atoms with Gasteiger partial charge in [-0.2, -0.15) is 0 Å². The van der Waals surface area contributed by atoms with Crippen LogP contribution in [0.3, 0.4) is 0 Å². The number of hydrogen-bond donors (Lipinski definition) is 4. The fourth-order valence-corrected chi connectivity index (χ4v) is 5.14. The molecule has 0 bridgehead atoms. The van der Waals surface area contributed by atoms with E-state index in [2.05, 4.69) is 25.0 Å². The second kappa shape index (κ2) is 11.8. The van der Waals surface area contributed by atoms with Crippen molar-refractivity contribution in [1.82, 2.24) is 24.7 Å². The predicted octanol–water partition coefficient (Wildman–Crippen LogP) is 5.48. The Hall–Kier alpha value is -4.32. The average Bonchev–Trinajstić information content (AvgIpc) is 3.41. The largest absolute Gasteiger partial charge is 0.505 e. The number of hydrogen-bond acceptors (Lipinski definition) is 7. The number of halogens is 2. The van der Waals surface area contributed by atoms with E-state index in [1.165, 1.54) is 42.5 Å². The van der Waals surface area contributed by atoms with Crippen molar-refractivity contribution in [2.45, 2.75) is 11.3 Å². The van der Waals surface area contributed by atoms with Crippen molar-refractivity contribution in [2.75, 3.05) is 18.4 Å². The van der Waals surface area contributed by atoms with Crippen molar-refractivity contribution in [3.63, 3.8) is 0 Å². The van der Waals surface area contributed by atoms with Gasteiger partial charge in [0.2, 0.25) is 16.0 Å². The molecule has 40 heavy (non-hydrogen) atoms. The molecule has 12 heteroatoms. The molecular weight excluding hydrogens is 555 g/mol. The molecule has 0 amide bonds. The lowest BCUT2D eigenvalue weighted by atomic mass is 10.1. The summed E-state index contributed by atoms with van der Waals surface area (Å²) < 4.78 is 41.2. The molecule has 4 N–H and O–H groups in total. The predicted molar refractivity (Wildman–Crippen MR) is 152 cm³/mol. The molecule has 0 atom stereocenters. The topological polar surface area (TPSA) is 133 Å². The number of aromatic amines is 1. The van der Waals surface area contributed by atoms with E-state index in [0.29, 0.717) is 52.4 Å². The van der Waals surface area contributed by atoms with Crippen molar-refractivity contribution in [2.24, 2.45) is 0 Å². The number of sulfonamides is 1. The molecule has 9 nitrogen and oxygen atoms in total. The van der Waals surface area contributed by atoms with Crippen molar-refractivity contribution in [1.29, 1.82) is 0 Å². The Kier molecular flexibility index (Phi) is 8.06. The van der Waals surface area contributed by atoms with Crippen LogP contribution in [0, 0.1) is 5.82 Å². The van der Waals surface area contributed by atoms with Crippen LogP contribution in [0.25, 0.3) is 34.0 Å². The number of phenolic OH excluding ortho intramolecular Hbond substituents is 1. The van der Waals surface area contributed by atoms with E-state index in [9.17, 15) is 17.9 Å². The number of phenols is 1. The molecule has 2 heterocycles. The molecule has 0 aliphatic heterocycles. The zero-order valence-electron chi connectivity index (χ0n) is 21.0. The van der Waals surface area contributed by atoms with Crippen molar-refractivity contribution < 1.29 is 17.9 Å². The number of aromatic nitrogens is 4. The number of rotatable bonds is 10. The highest BCUT2D eigenvalue weighted by Crippen LogP contribution is 2.34. The van der Waals surface area contributed by atoms with Gasteiger partial charge >= 0.3 is 0 Å². The number of anilines is 1. The minimum absolute atomic E-state index is 0.139. The van der Waals surface area contributed by atoms with Gasteiger partial charge in [0, 0.05) is 35.4 Å². The molecule has 2 aromatic heterocycles. The number of nitrogens with one attached hydrogen (secondary N) is 3. The number of H-pyrrole nitrogens is 1. The van der Waals surface area contributed by atoms with Crippen LogP contribution in [0.2, 0.25) is 5.02 Å². The van der Waals surface area contributed by atoms with Crippen LogP contribution >= 0.6 is 11.6 Å². The van der Waals surface area contributed by atoms with Gasteiger partial charge in [0.05, 0.1) is 22.0 Å². The minimum atomic E-state index is -3.64. The Morgan fingerprint density at radius 2 is 1.70 bits per heavy atom. The Morgan fingerprint density at radius 3 is 2.45 bits per heavy atom. The molecule has 0 radical (unpaired) electrons. The quantitative estimate of drug-likeness (QED) is 0.161. The summed E-state index contributed by atoms with van der Waals surface area (Å²) in [5.41, 5.74) is 2.92. The monoisotopic (exact) mass is 578 g/mol. The second-order valence-corrected chi connectivity index (χ2v) is 10.9. The summed E-state index contributed by atoms with van der Waals surface area (Å²) >= 11 is 5.83. The third kappa shape index (κ3) is 6.28. The summed E-state index contributed by atoms with van der Waals surface area (Å²) in [6, 6.07) is 21.2. The lowest BCUT2D eigenvalue weighted by Crippen LogP contribution is -2.26. The Labute approximate surface area is 235 Å². The Morgan fingerprint density at radius 1 is 0.925 bits per heavy atom. The van der Waals surface area contributed by atoms with E-state index < -0.39 is 21.6 Å². The van der Waals surface area contributed by atoms with E-state index in [0.717, 1.165) is 5.56 Å². The lowest BCUT2D eigenvalue weighted by molar-refractivity contribution is 0.432. The van der Waals surface area contributed by atoms with Gasteiger partial charge in [-0.3, -0.25) is 0 Å². The first-order valence-corrected chi connectivity index (χ1v) is 14.1. The van der Waals surface area contributed by atoms with E-state index in [1.807, 2.05) is 30.3 Å². The fourth-order valence-electron chi connectivity index (χ4n) is 3.94. The molecule has 0 spiro atoms. The maximum Gasteiger partial charge on any atom is 0.240 e. The number of nitrogens with zero attached hydrogens (tertiary/aromatic N) is 3. The zero-order valence-corrected chi connectivity index (χ0v) is 22.5. The van der Waals surface area contributed by atoms with Crippen LogP contribution in [0.1, 0.15) is 6.42 Å². The number of benzene rings is 3. The third-order valence-corrected chi connectivity index (χ3v) is 7.66. The molecule has 5 aromatic rings. The highest BCUT2D eigenvalue weighted by molar-refractivity contribution is 7.89. The van der Waals surface area contributed by atoms with Gasteiger partial charge in [-0.05, 0) is 55.0 Å². The van der Waals surface area contributed by atoms with Crippen LogP contribution in [-0.2, 0) is 10.0 Å². The SMILES string of the molecule is O=S(=O)(NCCCNc1nccc(-c2[nH]c(-c3ccccc3)nc2-c2ccc(F)c(O)c2)n1)c1ccc(Cl)cc1. The van der Waals surface area contributed by atoms with Gasteiger partial charge in [0.25, 0.3) is 0 Å². The van der Waals surface area contributed by atoms with Crippen molar-refractivity contribution in [3.8, 4) is 39.8 Å². The highest BCUT2D eigenvalue weighted by Gasteiger charge is 2.18. The Balaban J connectivity index is 1.32. The zero-order chi connectivity index (χ0) is 28.1. The van der Waals surface area contributed by atoms with Crippen molar-refractivity contribution >= 4 is 27.6 Å². The summed E-state index contributed by atoms with van der Waals surface area (Å²) in [7, 11) is -3.64. The molecule has 0 saturated heterocycles. The van der Waals surface area contributed by atoms with Crippen LogP contribution < -0.4 is 10.0 Å². The second-order valence-electron chi connectivity index (χ2n) is 8.74. The van der Waals surface area contributed by atoms with E-state index >= 15 is 0 Å². The first-order chi connectivity index (χ1) is 19.3. The van der Waals surface area contributed by atoms with E-state index in [-0.39, 0.29) is 11.4 Å². The van der Waals surface area contributed by atoms with Gasteiger partial charge < -0.3 is 15.4 Å². The normalized spacial score (nSPS) is 11.4. The van der Waals surface area contributed by atoms with Crippen LogP contribution in [0.5, 0.6) is 5.75 Å². The first-order valence-electron chi connectivity index (χ1n) is 12.3. The van der Waals surface area contributed by atoms with Crippen molar-refractivity contribution in [3.05, 3.63) is 95.9 Å². The average molecular weight is 579 g/mol. The summed E-state index contributed by atoms with van der Waals surface area (Å²) in [6.07, 6.45) is 2.06. The Bertz CT molecular complexity index is 1730. The third-order valence-electron chi connectivity index (χ3n) is 5.94. The first kappa shape index (κ1) is 27.3.